The van der Waals surface area contributed by atoms with Crippen LogP contribution in [0.4, 0.5) is 10.8 Å². The second-order valence-electron chi connectivity index (χ2n) is 6.50. The summed E-state index contributed by atoms with van der Waals surface area (Å²) in [5.74, 6) is 0.0426. The van der Waals surface area contributed by atoms with E-state index in [-0.39, 0.29) is 16.6 Å². The zero-order chi connectivity index (χ0) is 20.9. The predicted octanol–water partition coefficient (Wildman–Crippen LogP) is 2.90. The normalized spacial score (nSPS) is 14.5. The molecule has 1 aromatic heterocycles. The van der Waals surface area contributed by atoms with Gasteiger partial charge in [0, 0.05) is 31.9 Å². The van der Waals surface area contributed by atoms with Crippen molar-refractivity contribution >= 4 is 49.8 Å². The number of rotatable bonds is 9. The molecule has 0 radical (unpaired) electrons. The second-order valence-corrected chi connectivity index (χ2v) is 10.6. The number of carbonyl (C=O) groups excluding carboxylic acids is 1. The molecule has 0 saturated carbocycles. The van der Waals surface area contributed by atoms with Crippen molar-refractivity contribution in [2.75, 3.05) is 42.1 Å². The lowest BCUT2D eigenvalue weighted by Crippen LogP contribution is -2.30. The molecule has 2 aromatic rings. The van der Waals surface area contributed by atoms with Gasteiger partial charge >= 0.3 is 0 Å². The molecule has 11 heteroatoms. The van der Waals surface area contributed by atoms with Gasteiger partial charge in [-0.2, -0.15) is 4.31 Å². The van der Waals surface area contributed by atoms with E-state index in [1.165, 1.54) is 52.4 Å². The minimum Gasteiger partial charge on any atom is -0.347 e. The van der Waals surface area contributed by atoms with Gasteiger partial charge in [0.05, 0.1) is 10.6 Å². The van der Waals surface area contributed by atoms with E-state index in [1.807, 2.05) is 0 Å². The molecule has 0 aliphatic carbocycles. The van der Waals surface area contributed by atoms with Crippen LogP contribution < -0.4 is 10.2 Å². The fourth-order valence-electron chi connectivity index (χ4n) is 3.04. The molecule has 1 saturated heterocycles. The first-order chi connectivity index (χ1) is 13.9. The summed E-state index contributed by atoms with van der Waals surface area (Å²) in [6, 6.07) is 6.25. The lowest BCUT2D eigenvalue weighted by molar-refractivity contribution is -0.113. The van der Waals surface area contributed by atoms with Crippen LogP contribution in [-0.2, 0) is 14.8 Å². The van der Waals surface area contributed by atoms with Gasteiger partial charge in [-0.15, -0.1) is 10.2 Å². The van der Waals surface area contributed by atoms with E-state index < -0.39 is 10.0 Å². The Hall–Kier alpha value is -1.69. The summed E-state index contributed by atoms with van der Waals surface area (Å²) in [4.78, 5) is 14.7. The van der Waals surface area contributed by atoms with Crippen LogP contribution >= 0.6 is 23.1 Å². The molecule has 0 unspecified atom stereocenters. The minimum atomic E-state index is -3.50. The van der Waals surface area contributed by atoms with E-state index >= 15 is 0 Å². The summed E-state index contributed by atoms with van der Waals surface area (Å²) in [5.41, 5.74) is 0.559. The molecule has 1 aromatic carbocycles. The Bertz CT molecular complexity index is 920. The van der Waals surface area contributed by atoms with E-state index in [2.05, 4.69) is 20.4 Å². The number of anilines is 2. The number of carbonyl (C=O) groups is 1. The molecular formula is C18H25N5O3S3. The Morgan fingerprint density at radius 2 is 1.83 bits per heavy atom. The fourth-order valence-corrected chi connectivity index (χ4v) is 6.19. The zero-order valence-electron chi connectivity index (χ0n) is 16.5. The highest BCUT2D eigenvalue weighted by molar-refractivity contribution is 8.01. The van der Waals surface area contributed by atoms with Gasteiger partial charge in [-0.3, -0.25) is 4.79 Å². The molecule has 1 aliphatic rings. The molecule has 1 amide bonds. The molecule has 29 heavy (non-hydrogen) atoms. The maximum atomic E-state index is 12.5. The number of nitrogens with zero attached hydrogens (tertiary/aromatic N) is 4. The molecular weight excluding hydrogens is 430 g/mol. The molecule has 1 aliphatic heterocycles. The van der Waals surface area contributed by atoms with Crippen LogP contribution in [0.25, 0.3) is 0 Å². The van der Waals surface area contributed by atoms with Crippen LogP contribution in [0.1, 0.15) is 26.7 Å². The molecule has 8 nitrogen and oxygen atoms in total. The first kappa shape index (κ1) is 22.0. The number of hydrogen-bond donors (Lipinski definition) is 1. The van der Waals surface area contributed by atoms with Gasteiger partial charge in [-0.1, -0.05) is 36.9 Å². The molecule has 0 bridgehead atoms. The monoisotopic (exact) mass is 455 g/mol. The van der Waals surface area contributed by atoms with Gasteiger partial charge in [0.15, 0.2) is 4.34 Å². The summed E-state index contributed by atoms with van der Waals surface area (Å²) in [7, 11) is -3.50. The van der Waals surface area contributed by atoms with Crippen molar-refractivity contribution in [1.29, 1.82) is 0 Å². The highest BCUT2D eigenvalue weighted by atomic mass is 32.2. The third kappa shape index (κ3) is 5.47. The Morgan fingerprint density at radius 1 is 1.17 bits per heavy atom. The molecule has 2 heterocycles. The number of nitrogens with one attached hydrogen (secondary N) is 1. The van der Waals surface area contributed by atoms with Crippen LogP contribution in [0.3, 0.4) is 0 Å². The standard InChI is InChI=1S/C18H25N5O3S3/c1-3-23(4-2)29(25,26)15-9-7-14(8-10-15)19-16(24)13-27-18-21-20-17(28-18)22-11-5-6-12-22/h7-10H,3-6,11-13H2,1-2H3,(H,19,24). The van der Waals surface area contributed by atoms with Crippen LogP contribution in [0.15, 0.2) is 33.5 Å². The smallest absolute Gasteiger partial charge is 0.243 e. The van der Waals surface area contributed by atoms with Gasteiger partial charge in [-0.05, 0) is 37.1 Å². The third-order valence-corrected chi connectivity index (χ3v) is 8.76. The van der Waals surface area contributed by atoms with Gasteiger partial charge in [0.25, 0.3) is 0 Å². The summed E-state index contributed by atoms with van der Waals surface area (Å²) in [5, 5.41) is 12.1. The van der Waals surface area contributed by atoms with Gasteiger partial charge in [0.1, 0.15) is 0 Å². The predicted molar refractivity (Wildman–Crippen MR) is 117 cm³/mol. The average molecular weight is 456 g/mol. The molecule has 158 valence electrons. The van der Waals surface area contributed by atoms with Gasteiger partial charge in [0.2, 0.25) is 21.1 Å². The Labute approximate surface area is 179 Å². The van der Waals surface area contributed by atoms with E-state index in [1.54, 1.807) is 26.0 Å². The van der Waals surface area contributed by atoms with Crippen molar-refractivity contribution in [1.82, 2.24) is 14.5 Å². The van der Waals surface area contributed by atoms with Crippen LogP contribution in [0.5, 0.6) is 0 Å². The lowest BCUT2D eigenvalue weighted by atomic mass is 10.3. The largest absolute Gasteiger partial charge is 0.347 e. The topological polar surface area (TPSA) is 95.5 Å². The number of amides is 1. The average Bonchev–Trinajstić information content (AvgIpc) is 3.39. The molecule has 1 N–H and O–H groups in total. The highest BCUT2D eigenvalue weighted by Gasteiger charge is 2.21. The van der Waals surface area contributed by atoms with Crippen molar-refractivity contribution in [2.24, 2.45) is 0 Å². The summed E-state index contributed by atoms with van der Waals surface area (Å²) in [6.45, 7) is 6.47. The first-order valence-electron chi connectivity index (χ1n) is 9.55. The SMILES string of the molecule is CCN(CC)S(=O)(=O)c1ccc(NC(=O)CSc2nnc(N3CCCC3)s2)cc1. The summed E-state index contributed by atoms with van der Waals surface area (Å²) in [6.07, 6.45) is 2.36. The molecule has 1 fully saturated rings. The van der Waals surface area contributed by atoms with E-state index in [0.29, 0.717) is 18.8 Å². The van der Waals surface area contributed by atoms with Gasteiger partial charge < -0.3 is 10.2 Å². The number of sulfonamides is 1. The molecule has 0 atom stereocenters. The van der Waals surface area contributed by atoms with E-state index in [9.17, 15) is 13.2 Å². The maximum absolute atomic E-state index is 12.5. The Balaban J connectivity index is 1.53. The van der Waals surface area contributed by atoms with Crippen molar-refractivity contribution < 1.29 is 13.2 Å². The lowest BCUT2D eigenvalue weighted by Gasteiger charge is -2.18. The van der Waals surface area contributed by atoms with Gasteiger partial charge in [-0.25, -0.2) is 8.42 Å². The Morgan fingerprint density at radius 3 is 2.45 bits per heavy atom. The zero-order valence-corrected chi connectivity index (χ0v) is 18.9. The Kier molecular flexibility index (Phi) is 7.49. The van der Waals surface area contributed by atoms with Crippen molar-refractivity contribution in [3.8, 4) is 0 Å². The summed E-state index contributed by atoms with van der Waals surface area (Å²) < 4.78 is 27.2. The second kappa shape index (κ2) is 9.88. The number of thioether (sulfide) groups is 1. The molecule has 3 rings (SSSR count). The van der Waals surface area contributed by atoms with Crippen molar-refractivity contribution in [2.45, 2.75) is 35.9 Å². The maximum Gasteiger partial charge on any atom is 0.243 e. The highest BCUT2D eigenvalue weighted by Crippen LogP contribution is 2.30. The van der Waals surface area contributed by atoms with Crippen LogP contribution in [0.2, 0.25) is 0 Å². The van der Waals surface area contributed by atoms with E-state index in [4.69, 9.17) is 0 Å². The summed E-state index contributed by atoms with van der Waals surface area (Å²) >= 11 is 2.85. The number of aromatic nitrogens is 2. The number of hydrogen-bond acceptors (Lipinski definition) is 8. The minimum absolute atomic E-state index is 0.174. The van der Waals surface area contributed by atoms with Crippen LogP contribution in [0, 0.1) is 0 Å². The quantitative estimate of drug-likeness (QED) is 0.581. The number of benzene rings is 1. The fraction of sp³-hybridized carbons (Fsp3) is 0.500. The molecule has 0 spiro atoms. The van der Waals surface area contributed by atoms with E-state index in [0.717, 1.165) is 22.6 Å². The third-order valence-electron chi connectivity index (χ3n) is 4.58. The first-order valence-corrected chi connectivity index (χ1v) is 12.8. The van der Waals surface area contributed by atoms with Crippen LogP contribution in [-0.4, -0.2) is 60.8 Å². The van der Waals surface area contributed by atoms with Crippen molar-refractivity contribution in [3.05, 3.63) is 24.3 Å². The van der Waals surface area contributed by atoms with Crippen molar-refractivity contribution in [3.63, 3.8) is 0 Å².